The van der Waals surface area contributed by atoms with Crippen LogP contribution in [0.25, 0.3) is 32.9 Å². The number of H-pyrrole nitrogens is 2. The molecule has 1 amide bonds. The largest absolute Gasteiger partial charge is 0.374 e. The van der Waals surface area contributed by atoms with Crippen molar-refractivity contribution in [2.24, 2.45) is 0 Å². The summed E-state index contributed by atoms with van der Waals surface area (Å²) in [5, 5.41) is 12.4. The minimum Gasteiger partial charge on any atom is -0.374 e. The van der Waals surface area contributed by atoms with Crippen LogP contribution in [-0.4, -0.2) is 81.3 Å². The number of pyridine rings is 1. The second kappa shape index (κ2) is 10.8. The van der Waals surface area contributed by atoms with Crippen molar-refractivity contribution in [3.05, 3.63) is 78.4 Å². The van der Waals surface area contributed by atoms with Crippen LogP contribution < -0.4 is 5.32 Å². The molecule has 0 radical (unpaired) electrons. The van der Waals surface area contributed by atoms with Gasteiger partial charge >= 0.3 is 0 Å². The van der Waals surface area contributed by atoms with Gasteiger partial charge < -0.3 is 19.9 Å². The first kappa shape index (κ1) is 25.0. The number of aromatic nitrogens is 4. The molecule has 0 aliphatic carbocycles. The van der Waals surface area contributed by atoms with Gasteiger partial charge in [-0.25, -0.2) is 4.98 Å². The summed E-state index contributed by atoms with van der Waals surface area (Å²) in [6.07, 6.45) is 6.48. The highest BCUT2D eigenvalue weighted by atomic mass is 16.5. The van der Waals surface area contributed by atoms with Crippen LogP contribution >= 0.6 is 0 Å². The first-order valence-electron chi connectivity index (χ1n) is 14.1. The van der Waals surface area contributed by atoms with Crippen molar-refractivity contribution in [1.82, 2.24) is 30.0 Å². The third kappa shape index (κ3) is 5.11. The molecular formula is C31H33N7O2. The van der Waals surface area contributed by atoms with E-state index in [4.69, 9.17) is 9.72 Å². The van der Waals surface area contributed by atoms with E-state index in [9.17, 15) is 4.79 Å². The number of benzene rings is 2. The van der Waals surface area contributed by atoms with Gasteiger partial charge in [-0.1, -0.05) is 18.2 Å². The third-order valence-corrected chi connectivity index (χ3v) is 8.02. The molecule has 0 saturated carbocycles. The van der Waals surface area contributed by atoms with Crippen LogP contribution in [0.1, 0.15) is 29.0 Å². The van der Waals surface area contributed by atoms with Gasteiger partial charge in [-0.3, -0.25) is 14.8 Å². The standard InChI is InChI=1S/C31H33N7O2/c39-31(28-8-3-5-22(34-28)18-38-13-14-40-23(20-38)19-37-11-1-2-12-37)35-29-15-21(16-30-26(29)17-33-36-30)24-6-4-7-27-25(24)9-10-32-27/h3-10,15-17,23,32H,1-2,11-14,18-20H2,(H,33,36)(H,35,39). The molecule has 2 fully saturated rings. The van der Waals surface area contributed by atoms with E-state index in [-0.39, 0.29) is 12.0 Å². The molecule has 2 aromatic carbocycles. The van der Waals surface area contributed by atoms with Crippen LogP contribution in [0.4, 0.5) is 5.69 Å². The van der Waals surface area contributed by atoms with Crippen molar-refractivity contribution >= 4 is 33.4 Å². The van der Waals surface area contributed by atoms with Crippen molar-refractivity contribution < 1.29 is 9.53 Å². The lowest BCUT2D eigenvalue weighted by Crippen LogP contribution is -2.46. The topological polar surface area (TPSA) is 102 Å². The second-order valence-corrected chi connectivity index (χ2v) is 10.8. The summed E-state index contributed by atoms with van der Waals surface area (Å²) >= 11 is 0. The number of morpholine rings is 1. The van der Waals surface area contributed by atoms with Gasteiger partial charge in [-0.15, -0.1) is 0 Å². The zero-order valence-electron chi connectivity index (χ0n) is 22.4. The lowest BCUT2D eigenvalue weighted by atomic mass is 9.99. The Balaban J connectivity index is 1.09. The molecule has 2 aliphatic heterocycles. The number of carbonyl (C=O) groups excluding carboxylic acids is 1. The van der Waals surface area contributed by atoms with Crippen molar-refractivity contribution in [1.29, 1.82) is 0 Å². The Hall–Kier alpha value is -4.05. The zero-order valence-corrected chi connectivity index (χ0v) is 22.4. The van der Waals surface area contributed by atoms with Gasteiger partial charge in [0, 0.05) is 48.7 Å². The molecule has 5 heterocycles. The van der Waals surface area contributed by atoms with Crippen molar-refractivity contribution in [2.75, 3.05) is 44.6 Å². The molecule has 5 aromatic rings. The minimum atomic E-state index is -0.241. The Morgan fingerprint density at radius 3 is 2.83 bits per heavy atom. The van der Waals surface area contributed by atoms with Crippen LogP contribution in [-0.2, 0) is 11.3 Å². The van der Waals surface area contributed by atoms with Gasteiger partial charge in [-0.05, 0) is 73.5 Å². The number of nitrogens with one attached hydrogen (secondary N) is 3. The minimum absolute atomic E-state index is 0.222. The Morgan fingerprint density at radius 2 is 1.90 bits per heavy atom. The molecule has 7 rings (SSSR count). The number of fused-ring (bicyclic) bond motifs is 2. The Labute approximate surface area is 232 Å². The molecule has 0 bridgehead atoms. The molecule has 2 saturated heterocycles. The first-order chi connectivity index (χ1) is 19.7. The number of nitrogens with zero attached hydrogens (tertiary/aromatic N) is 4. The number of rotatable bonds is 7. The van der Waals surface area contributed by atoms with Gasteiger partial charge in [-0.2, -0.15) is 5.10 Å². The summed E-state index contributed by atoms with van der Waals surface area (Å²) in [5.41, 5.74) is 5.98. The lowest BCUT2D eigenvalue weighted by Gasteiger charge is -2.34. The number of amides is 1. The average molecular weight is 536 g/mol. The SMILES string of the molecule is O=C(Nc1cc(-c2cccc3[nH]ccc23)cc2[nH]ncc12)c1cccc(CN2CCOC(CN3CCCC3)C2)n1. The fourth-order valence-electron chi connectivity index (χ4n) is 6.04. The Morgan fingerprint density at radius 1 is 1.00 bits per heavy atom. The van der Waals surface area contributed by atoms with E-state index in [1.54, 1.807) is 12.3 Å². The van der Waals surface area contributed by atoms with E-state index in [2.05, 4.69) is 54.6 Å². The average Bonchev–Trinajstić information content (AvgIpc) is 3.75. The molecule has 3 aromatic heterocycles. The Bertz CT molecular complexity index is 1650. The summed E-state index contributed by atoms with van der Waals surface area (Å²) in [6, 6.07) is 18.0. The highest BCUT2D eigenvalue weighted by molar-refractivity contribution is 6.09. The number of ether oxygens (including phenoxy) is 1. The molecule has 1 unspecified atom stereocenters. The number of anilines is 1. The monoisotopic (exact) mass is 535 g/mol. The van der Waals surface area contributed by atoms with E-state index < -0.39 is 0 Å². The predicted molar refractivity (Wildman–Crippen MR) is 156 cm³/mol. The van der Waals surface area contributed by atoms with Crippen molar-refractivity contribution in [2.45, 2.75) is 25.5 Å². The summed E-state index contributed by atoms with van der Waals surface area (Å²) in [4.78, 5) is 26.3. The number of aromatic amines is 2. The number of carbonyl (C=O) groups is 1. The van der Waals surface area contributed by atoms with Crippen LogP contribution in [0.5, 0.6) is 0 Å². The van der Waals surface area contributed by atoms with Gasteiger partial charge in [0.05, 0.1) is 35.8 Å². The number of hydrogen-bond donors (Lipinski definition) is 3. The van der Waals surface area contributed by atoms with Gasteiger partial charge in [0.15, 0.2) is 0 Å². The van der Waals surface area contributed by atoms with Gasteiger partial charge in [0.25, 0.3) is 5.91 Å². The zero-order chi connectivity index (χ0) is 26.9. The first-order valence-corrected chi connectivity index (χ1v) is 14.1. The molecular weight excluding hydrogens is 502 g/mol. The highest BCUT2D eigenvalue weighted by Gasteiger charge is 2.24. The smallest absolute Gasteiger partial charge is 0.274 e. The van der Waals surface area contributed by atoms with E-state index in [1.165, 1.54) is 25.9 Å². The molecule has 9 heteroatoms. The fraction of sp³-hybridized carbons (Fsp3) is 0.323. The molecule has 0 spiro atoms. The van der Waals surface area contributed by atoms with Crippen molar-refractivity contribution in [3.8, 4) is 11.1 Å². The summed E-state index contributed by atoms with van der Waals surface area (Å²) in [5.74, 6) is -0.241. The van der Waals surface area contributed by atoms with Crippen molar-refractivity contribution in [3.63, 3.8) is 0 Å². The normalized spacial score (nSPS) is 18.6. The third-order valence-electron chi connectivity index (χ3n) is 8.02. The number of hydrogen-bond acceptors (Lipinski definition) is 6. The molecule has 40 heavy (non-hydrogen) atoms. The van der Waals surface area contributed by atoms with E-state index in [0.717, 1.165) is 64.9 Å². The summed E-state index contributed by atoms with van der Waals surface area (Å²) in [6.45, 7) is 6.52. The maximum absolute atomic E-state index is 13.4. The molecule has 1 atom stereocenters. The maximum Gasteiger partial charge on any atom is 0.274 e. The molecule has 3 N–H and O–H groups in total. The Kier molecular flexibility index (Phi) is 6.76. The van der Waals surface area contributed by atoms with Gasteiger partial charge in [0.1, 0.15) is 5.69 Å². The van der Waals surface area contributed by atoms with E-state index in [1.807, 2.05) is 30.5 Å². The second-order valence-electron chi connectivity index (χ2n) is 10.8. The quantitative estimate of drug-likeness (QED) is 0.280. The van der Waals surface area contributed by atoms with Crippen LogP contribution in [0.3, 0.4) is 0 Å². The molecule has 2 aliphatic rings. The molecule has 9 nitrogen and oxygen atoms in total. The maximum atomic E-state index is 13.4. The predicted octanol–water partition coefficient (Wildman–Crippen LogP) is 4.66. The lowest BCUT2D eigenvalue weighted by molar-refractivity contribution is -0.0437. The highest BCUT2D eigenvalue weighted by Crippen LogP contribution is 2.34. The van der Waals surface area contributed by atoms with Crippen LogP contribution in [0.15, 0.2) is 67.0 Å². The van der Waals surface area contributed by atoms with Crippen LogP contribution in [0, 0.1) is 0 Å². The van der Waals surface area contributed by atoms with E-state index >= 15 is 0 Å². The molecule has 204 valence electrons. The van der Waals surface area contributed by atoms with Gasteiger partial charge in [0.2, 0.25) is 0 Å². The fourth-order valence-corrected chi connectivity index (χ4v) is 6.04. The number of likely N-dealkylation sites (tertiary alicyclic amines) is 1. The summed E-state index contributed by atoms with van der Waals surface area (Å²) in [7, 11) is 0. The van der Waals surface area contributed by atoms with Crippen LogP contribution in [0.2, 0.25) is 0 Å². The summed E-state index contributed by atoms with van der Waals surface area (Å²) < 4.78 is 6.05. The van der Waals surface area contributed by atoms with E-state index in [0.29, 0.717) is 17.9 Å².